The van der Waals surface area contributed by atoms with Gasteiger partial charge in [0.2, 0.25) is 0 Å². The average molecular weight is 322 g/mol. The summed E-state index contributed by atoms with van der Waals surface area (Å²) in [6.07, 6.45) is 4.03. The SMILES string of the molecule is CCOC(=O)CC(=O)C1CCc2cn(CCC(=O)OC)nc2C1. The van der Waals surface area contributed by atoms with Crippen LogP contribution in [0.15, 0.2) is 6.20 Å². The Morgan fingerprint density at radius 3 is 2.83 bits per heavy atom. The summed E-state index contributed by atoms with van der Waals surface area (Å²) in [7, 11) is 1.36. The topological polar surface area (TPSA) is 87.5 Å². The first-order valence-corrected chi connectivity index (χ1v) is 7.83. The second kappa shape index (κ2) is 7.89. The van der Waals surface area contributed by atoms with Gasteiger partial charge >= 0.3 is 11.9 Å². The molecule has 1 aromatic rings. The molecular formula is C16H22N2O5. The van der Waals surface area contributed by atoms with Crippen molar-refractivity contribution in [1.82, 2.24) is 9.78 Å². The molecule has 0 spiro atoms. The van der Waals surface area contributed by atoms with Gasteiger partial charge in [-0.05, 0) is 25.3 Å². The molecule has 0 bridgehead atoms. The zero-order chi connectivity index (χ0) is 16.8. The molecule has 1 aromatic heterocycles. The maximum absolute atomic E-state index is 12.2. The summed E-state index contributed by atoms with van der Waals surface area (Å²) in [5.74, 6) is -1.01. The summed E-state index contributed by atoms with van der Waals surface area (Å²) >= 11 is 0. The van der Waals surface area contributed by atoms with E-state index in [4.69, 9.17) is 4.74 Å². The maximum Gasteiger partial charge on any atom is 0.313 e. The van der Waals surface area contributed by atoms with Crippen molar-refractivity contribution in [2.75, 3.05) is 13.7 Å². The highest BCUT2D eigenvalue weighted by atomic mass is 16.5. The van der Waals surface area contributed by atoms with Gasteiger partial charge in [-0.3, -0.25) is 19.1 Å². The lowest BCUT2D eigenvalue weighted by molar-refractivity contribution is -0.146. The highest BCUT2D eigenvalue weighted by Crippen LogP contribution is 2.26. The number of hydrogen-bond acceptors (Lipinski definition) is 6. The van der Waals surface area contributed by atoms with Crippen LogP contribution in [0.25, 0.3) is 0 Å². The number of fused-ring (bicyclic) bond motifs is 1. The van der Waals surface area contributed by atoms with Crippen molar-refractivity contribution in [3.8, 4) is 0 Å². The number of nitrogens with zero attached hydrogens (tertiary/aromatic N) is 2. The number of hydrogen-bond donors (Lipinski definition) is 0. The van der Waals surface area contributed by atoms with Crippen LogP contribution in [0.2, 0.25) is 0 Å². The van der Waals surface area contributed by atoms with Crippen LogP contribution < -0.4 is 0 Å². The monoisotopic (exact) mass is 322 g/mol. The van der Waals surface area contributed by atoms with E-state index in [1.54, 1.807) is 11.6 Å². The minimum Gasteiger partial charge on any atom is -0.469 e. The molecule has 0 aromatic carbocycles. The van der Waals surface area contributed by atoms with E-state index >= 15 is 0 Å². The van der Waals surface area contributed by atoms with E-state index in [0.29, 0.717) is 19.4 Å². The highest BCUT2D eigenvalue weighted by molar-refractivity contribution is 5.97. The highest BCUT2D eigenvalue weighted by Gasteiger charge is 2.28. The standard InChI is InChI=1S/C16H22N2O5/c1-3-23-16(21)9-14(19)11-4-5-12-10-18(17-13(12)8-11)7-6-15(20)22-2/h10-11H,3-9H2,1-2H3. The Hall–Kier alpha value is -2.18. The molecule has 1 aliphatic carbocycles. The molecule has 1 aliphatic rings. The molecular weight excluding hydrogens is 300 g/mol. The van der Waals surface area contributed by atoms with Crippen LogP contribution in [0.3, 0.4) is 0 Å². The normalized spacial score (nSPS) is 16.5. The quantitative estimate of drug-likeness (QED) is 0.551. The fourth-order valence-corrected chi connectivity index (χ4v) is 2.74. The lowest BCUT2D eigenvalue weighted by Crippen LogP contribution is -2.25. The molecule has 1 atom stereocenters. The number of ketones is 1. The zero-order valence-electron chi connectivity index (χ0n) is 13.5. The third-order valence-electron chi connectivity index (χ3n) is 3.98. The van der Waals surface area contributed by atoms with Gasteiger partial charge in [0, 0.05) is 18.5 Å². The van der Waals surface area contributed by atoms with Crippen LogP contribution in [0.4, 0.5) is 0 Å². The Morgan fingerprint density at radius 2 is 2.13 bits per heavy atom. The fourth-order valence-electron chi connectivity index (χ4n) is 2.74. The minimum atomic E-state index is -0.466. The van der Waals surface area contributed by atoms with Gasteiger partial charge in [0.15, 0.2) is 0 Å². The number of aromatic nitrogens is 2. The number of esters is 2. The molecule has 1 heterocycles. The summed E-state index contributed by atoms with van der Waals surface area (Å²) in [5, 5.41) is 4.45. The molecule has 2 rings (SSSR count). The van der Waals surface area contributed by atoms with Gasteiger partial charge in [-0.1, -0.05) is 0 Å². The van der Waals surface area contributed by atoms with E-state index in [1.807, 2.05) is 6.20 Å². The van der Waals surface area contributed by atoms with Gasteiger partial charge in [-0.25, -0.2) is 0 Å². The number of ether oxygens (including phenoxy) is 2. The number of rotatable bonds is 7. The van der Waals surface area contributed by atoms with Crippen LogP contribution >= 0.6 is 0 Å². The van der Waals surface area contributed by atoms with E-state index in [2.05, 4.69) is 9.84 Å². The Kier molecular flexibility index (Phi) is 5.90. The van der Waals surface area contributed by atoms with E-state index in [9.17, 15) is 14.4 Å². The summed E-state index contributed by atoms with van der Waals surface area (Å²) < 4.78 is 11.2. The molecule has 7 nitrogen and oxygen atoms in total. The molecule has 0 fully saturated rings. The minimum absolute atomic E-state index is 0.0850. The lowest BCUT2D eigenvalue weighted by Gasteiger charge is -2.19. The predicted octanol–water partition coefficient (Wildman–Crippen LogP) is 1.07. The zero-order valence-corrected chi connectivity index (χ0v) is 13.5. The van der Waals surface area contributed by atoms with Crippen molar-refractivity contribution >= 4 is 17.7 Å². The van der Waals surface area contributed by atoms with Crippen molar-refractivity contribution < 1.29 is 23.9 Å². The van der Waals surface area contributed by atoms with E-state index in [0.717, 1.165) is 17.7 Å². The van der Waals surface area contributed by atoms with Crippen LogP contribution in [0, 0.1) is 5.92 Å². The summed E-state index contributed by atoms with van der Waals surface area (Å²) in [6.45, 7) is 2.46. The lowest BCUT2D eigenvalue weighted by atomic mass is 9.84. The largest absolute Gasteiger partial charge is 0.469 e. The first kappa shape index (κ1) is 17.2. The average Bonchev–Trinajstić information content (AvgIpc) is 2.94. The van der Waals surface area contributed by atoms with Crippen LogP contribution in [0.1, 0.15) is 37.4 Å². The Bertz CT molecular complexity index is 593. The van der Waals surface area contributed by atoms with Crippen molar-refractivity contribution in [3.63, 3.8) is 0 Å². The smallest absolute Gasteiger partial charge is 0.313 e. The maximum atomic E-state index is 12.2. The van der Waals surface area contributed by atoms with Crippen molar-refractivity contribution in [1.29, 1.82) is 0 Å². The molecule has 7 heteroatoms. The van der Waals surface area contributed by atoms with E-state index in [-0.39, 0.29) is 37.1 Å². The predicted molar refractivity (Wildman–Crippen MR) is 80.6 cm³/mol. The molecule has 0 saturated heterocycles. The summed E-state index contributed by atoms with van der Waals surface area (Å²) in [6, 6.07) is 0. The summed E-state index contributed by atoms with van der Waals surface area (Å²) in [5.41, 5.74) is 1.98. The Balaban J connectivity index is 1.92. The van der Waals surface area contributed by atoms with Gasteiger partial charge < -0.3 is 9.47 Å². The molecule has 1 unspecified atom stereocenters. The molecule has 0 amide bonds. The number of carbonyl (C=O) groups is 3. The van der Waals surface area contributed by atoms with E-state index in [1.165, 1.54) is 7.11 Å². The molecule has 0 saturated carbocycles. The third-order valence-corrected chi connectivity index (χ3v) is 3.98. The van der Waals surface area contributed by atoms with Crippen LogP contribution in [0.5, 0.6) is 0 Å². The third kappa shape index (κ3) is 4.64. The van der Waals surface area contributed by atoms with Crippen molar-refractivity contribution in [2.24, 2.45) is 5.92 Å². The number of aryl methyl sites for hydroxylation is 2. The van der Waals surface area contributed by atoms with E-state index < -0.39 is 5.97 Å². The molecule has 0 N–H and O–H groups in total. The first-order chi connectivity index (χ1) is 11.0. The van der Waals surface area contributed by atoms with Crippen LogP contribution in [-0.4, -0.2) is 41.2 Å². The number of methoxy groups -OCH3 is 1. The van der Waals surface area contributed by atoms with Gasteiger partial charge in [0.1, 0.15) is 12.2 Å². The number of carbonyl (C=O) groups excluding carboxylic acids is 3. The van der Waals surface area contributed by atoms with Gasteiger partial charge in [0.25, 0.3) is 0 Å². The molecule has 0 radical (unpaired) electrons. The van der Waals surface area contributed by atoms with Gasteiger partial charge in [0.05, 0.1) is 32.4 Å². The molecule has 126 valence electrons. The van der Waals surface area contributed by atoms with Crippen molar-refractivity contribution in [3.05, 3.63) is 17.5 Å². The fraction of sp³-hybridized carbons (Fsp3) is 0.625. The molecule has 23 heavy (non-hydrogen) atoms. The second-order valence-electron chi connectivity index (χ2n) is 5.58. The van der Waals surface area contributed by atoms with Gasteiger partial charge in [-0.2, -0.15) is 5.10 Å². The second-order valence-corrected chi connectivity index (χ2v) is 5.58. The number of Topliss-reactive ketones (excluding diaryl/α,β-unsaturated/α-hetero) is 1. The Labute approximate surface area is 134 Å². The van der Waals surface area contributed by atoms with Gasteiger partial charge in [-0.15, -0.1) is 0 Å². The first-order valence-electron chi connectivity index (χ1n) is 7.83. The summed E-state index contributed by atoms with van der Waals surface area (Å²) in [4.78, 5) is 34.7. The molecule has 0 aliphatic heterocycles. The van der Waals surface area contributed by atoms with Crippen LogP contribution in [-0.2, 0) is 43.2 Å². The Morgan fingerprint density at radius 1 is 1.35 bits per heavy atom. The van der Waals surface area contributed by atoms with Crippen molar-refractivity contribution in [2.45, 2.75) is 45.6 Å².